The van der Waals surface area contributed by atoms with Crippen LogP contribution in [0.3, 0.4) is 0 Å². The van der Waals surface area contributed by atoms with Crippen LogP contribution >= 0.6 is 15.9 Å². The van der Waals surface area contributed by atoms with E-state index in [2.05, 4.69) is 20.7 Å². The zero-order valence-electron chi connectivity index (χ0n) is 7.51. The molecule has 0 fully saturated rings. The van der Waals surface area contributed by atoms with E-state index in [1.807, 2.05) is 6.92 Å². The minimum Gasteiger partial charge on any atom is -0.212 e. The summed E-state index contributed by atoms with van der Waals surface area (Å²) in [6.07, 6.45) is 1.68. The van der Waals surface area contributed by atoms with Gasteiger partial charge in [0, 0.05) is 11.4 Å². The van der Waals surface area contributed by atoms with Gasteiger partial charge in [-0.2, -0.15) is 0 Å². The van der Waals surface area contributed by atoms with Gasteiger partial charge in [-0.05, 0) is 19.8 Å². The van der Waals surface area contributed by atoms with Crippen molar-refractivity contribution >= 4 is 26.0 Å². The molecule has 0 aromatic carbocycles. The molecule has 1 unspecified atom stereocenters. The van der Waals surface area contributed by atoms with Gasteiger partial charge in [0.15, 0.2) is 0 Å². The van der Waals surface area contributed by atoms with Gasteiger partial charge in [0.2, 0.25) is 10.0 Å². The first kappa shape index (κ1) is 12.4. The normalized spacial score (nSPS) is 14.6. The molecule has 0 amide bonds. The molecule has 5 heteroatoms. The van der Waals surface area contributed by atoms with Crippen molar-refractivity contribution in [3.8, 4) is 0 Å². The van der Waals surface area contributed by atoms with Crippen LogP contribution in [0.15, 0.2) is 0 Å². The van der Waals surface area contributed by atoms with Gasteiger partial charge in [-0.15, -0.1) is 0 Å². The fourth-order valence-corrected chi connectivity index (χ4v) is 2.33. The van der Waals surface area contributed by atoms with Crippen molar-refractivity contribution in [3.63, 3.8) is 0 Å². The molecule has 0 aliphatic rings. The first-order chi connectivity index (χ1) is 5.55. The lowest BCUT2D eigenvalue weighted by atomic mass is 10.2. The smallest absolute Gasteiger partial charge is 0.211 e. The Kier molecular flexibility index (Phi) is 6.13. The van der Waals surface area contributed by atoms with Crippen LogP contribution < -0.4 is 4.72 Å². The number of sulfonamides is 1. The van der Waals surface area contributed by atoms with Crippen molar-refractivity contribution in [3.05, 3.63) is 0 Å². The molecule has 0 rings (SSSR count). The molecule has 0 heterocycles. The maximum atomic E-state index is 11.1. The van der Waals surface area contributed by atoms with Gasteiger partial charge >= 0.3 is 0 Å². The van der Waals surface area contributed by atoms with Gasteiger partial charge < -0.3 is 0 Å². The monoisotopic (exact) mass is 257 g/mol. The van der Waals surface area contributed by atoms with Crippen molar-refractivity contribution in [1.29, 1.82) is 0 Å². The highest BCUT2D eigenvalue weighted by atomic mass is 79.9. The van der Waals surface area contributed by atoms with Crippen LogP contribution in [0.4, 0.5) is 0 Å². The van der Waals surface area contributed by atoms with Crippen LogP contribution in [-0.4, -0.2) is 25.5 Å². The average Bonchev–Trinajstić information content (AvgIpc) is 2.03. The van der Waals surface area contributed by atoms with E-state index in [1.54, 1.807) is 6.92 Å². The van der Waals surface area contributed by atoms with E-state index < -0.39 is 10.0 Å². The van der Waals surface area contributed by atoms with Crippen molar-refractivity contribution in [1.82, 2.24) is 4.72 Å². The molecule has 0 aromatic heterocycles. The summed E-state index contributed by atoms with van der Waals surface area (Å²) in [7, 11) is -3.02. The molecule has 0 saturated carbocycles. The summed E-state index contributed by atoms with van der Waals surface area (Å²) >= 11 is 3.29. The maximum Gasteiger partial charge on any atom is 0.211 e. The third kappa shape index (κ3) is 5.11. The van der Waals surface area contributed by atoms with Crippen LogP contribution in [0.25, 0.3) is 0 Å². The fraction of sp³-hybridized carbons (Fsp3) is 1.00. The molecule has 0 spiro atoms. The third-order valence-corrected chi connectivity index (χ3v) is 3.59. The fourth-order valence-electron chi connectivity index (χ4n) is 0.815. The second kappa shape index (κ2) is 5.94. The first-order valence-corrected chi connectivity index (χ1v) is 6.89. The van der Waals surface area contributed by atoms with Crippen molar-refractivity contribution < 1.29 is 8.42 Å². The second-order valence-electron chi connectivity index (χ2n) is 2.60. The predicted octanol–water partition coefficient (Wildman–Crippen LogP) is 1.49. The lowest BCUT2D eigenvalue weighted by Gasteiger charge is -2.14. The number of rotatable bonds is 6. The second-order valence-corrected chi connectivity index (χ2v) is 5.44. The molecular weight excluding hydrogens is 242 g/mol. The number of hydrogen-bond acceptors (Lipinski definition) is 2. The third-order valence-electron chi connectivity index (χ3n) is 1.68. The number of hydrogen-bond donors (Lipinski definition) is 1. The highest BCUT2D eigenvalue weighted by Gasteiger charge is 2.13. The summed E-state index contributed by atoms with van der Waals surface area (Å²) in [6.45, 7) is 3.62. The quantitative estimate of drug-likeness (QED) is 0.734. The van der Waals surface area contributed by atoms with E-state index in [1.165, 1.54) is 0 Å². The Bertz CT molecular complexity index is 203. The number of halogens is 1. The Morgan fingerprint density at radius 1 is 1.42 bits per heavy atom. The van der Waals surface area contributed by atoms with E-state index >= 15 is 0 Å². The largest absolute Gasteiger partial charge is 0.212 e. The Morgan fingerprint density at radius 3 is 2.33 bits per heavy atom. The van der Waals surface area contributed by atoms with E-state index in [-0.39, 0.29) is 11.8 Å². The minimum atomic E-state index is -3.02. The van der Waals surface area contributed by atoms with E-state index in [4.69, 9.17) is 0 Å². The molecule has 1 N–H and O–H groups in total. The molecule has 12 heavy (non-hydrogen) atoms. The van der Waals surface area contributed by atoms with E-state index in [0.29, 0.717) is 0 Å². The summed E-state index contributed by atoms with van der Waals surface area (Å²) in [5, 5.41) is 0.831. The zero-order valence-corrected chi connectivity index (χ0v) is 9.91. The van der Waals surface area contributed by atoms with E-state index in [9.17, 15) is 8.42 Å². The summed E-state index contributed by atoms with van der Waals surface area (Å²) in [5.74, 6) is 0.159. The predicted molar refractivity (Wildman–Crippen MR) is 55.1 cm³/mol. The lowest BCUT2D eigenvalue weighted by molar-refractivity contribution is 0.534. The molecule has 0 saturated heterocycles. The highest BCUT2D eigenvalue weighted by molar-refractivity contribution is 9.09. The van der Waals surface area contributed by atoms with Gasteiger partial charge in [0.25, 0.3) is 0 Å². The first-order valence-electron chi connectivity index (χ1n) is 4.11. The molecule has 0 aliphatic carbocycles. The Morgan fingerprint density at radius 2 is 2.00 bits per heavy atom. The number of alkyl halides is 1. The standard InChI is InChI=1S/C7H16BrNO2S/c1-3-7(5-6-8)9-12(10,11)4-2/h7,9H,3-6H2,1-2H3. The molecule has 0 bridgehead atoms. The summed E-state index contributed by atoms with van der Waals surface area (Å²) < 4.78 is 24.9. The van der Waals surface area contributed by atoms with Gasteiger partial charge in [-0.1, -0.05) is 22.9 Å². The molecule has 74 valence electrons. The van der Waals surface area contributed by atoms with Gasteiger partial charge in [-0.25, -0.2) is 13.1 Å². The van der Waals surface area contributed by atoms with Gasteiger partial charge in [0.05, 0.1) is 5.75 Å². The Labute approximate surface area is 83.1 Å². The topological polar surface area (TPSA) is 46.2 Å². The average molecular weight is 258 g/mol. The van der Waals surface area contributed by atoms with Crippen molar-refractivity contribution in [2.24, 2.45) is 0 Å². The molecule has 0 radical (unpaired) electrons. The molecule has 0 aliphatic heterocycles. The zero-order chi connectivity index (χ0) is 9.61. The van der Waals surface area contributed by atoms with Crippen LogP contribution in [0.2, 0.25) is 0 Å². The SMILES string of the molecule is CCC(CCBr)NS(=O)(=O)CC. The van der Waals surface area contributed by atoms with Crippen LogP contribution in [-0.2, 0) is 10.0 Å². The van der Waals surface area contributed by atoms with E-state index in [0.717, 1.165) is 18.2 Å². The van der Waals surface area contributed by atoms with Gasteiger partial charge in [0.1, 0.15) is 0 Å². The summed E-state index contributed by atoms with van der Waals surface area (Å²) in [6, 6.07) is 0.0781. The minimum absolute atomic E-state index is 0.0781. The molecule has 1 atom stereocenters. The van der Waals surface area contributed by atoms with Crippen LogP contribution in [0, 0.1) is 0 Å². The van der Waals surface area contributed by atoms with Crippen molar-refractivity contribution in [2.75, 3.05) is 11.1 Å². The Hall–Kier alpha value is 0.390. The Balaban J connectivity index is 4.02. The van der Waals surface area contributed by atoms with Crippen molar-refractivity contribution in [2.45, 2.75) is 32.7 Å². The summed E-state index contributed by atoms with van der Waals surface area (Å²) in [5.41, 5.74) is 0. The maximum absolute atomic E-state index is 11.1. The number of nitrogens with one attached hydrogen (secondary N) is 1. The highest BCUT2D eigenvalue weighted by Crippen LogP contribution is 2.02. The van der Waals surface area contributed by atoms with Crippen LogP contribution in [0.1, 0.15) is 26.7 Å². The summed E-state index contributed by atoms with van der Waals surface area (Å²) in [4.78, 5) is 0. The molecule has 3 nitrogen and oxygen atoms in total. The van der Waals surface area contributed by atoms with Crippen LogP contribution in [0.5, 0.6) is 0 Å². The lowest BCUT2D eigenvalue weighted by Crippen LogP contribution is -2.35. The molecule has 0 aromatic rings. The molecular formula is C7H16BrNO2S. The van der Waals surface area contributed by atoms with Gasteiger partial charge in [-0.3, -0.25) is 0 Å².